The Morgan fingerprint density at radius 2 is 2.20 bits per heavy atom. The highest BCUT2D eigenvalue weighted by atomic mass is 15.5. The molecule has 0 atom stereocenters. The second-order valence-electron chi connectivity index (χ2n) is 3.55. The minimum Gasteiger partial charge on any atom is -0.246 e. The summed E-state index contributed by atoms with van der Waals surface area (Å²) in [5, 5.41) is 7.82. The molecule has 52 valence electrons. The summed E-state index contributed by atoms with van der Waals surface area (Å²) < 4.78 is 2.03. The molecule has 0 amide bonds. The standard InChI is InChI=1S/C7H9N3/c1-2-10(9-8-1)7-3-6(4-7)5-7/h1-2,6H,3-5H2. The zero-order valence-electron chi connectivity index (χ0n) is 5.70. The molecule has 0 aromatic carbocycles. The summed E-state index contributed by atoms with van der Waals surface area (Å²) >= 11 is 0. The highest BCUT2D eigenvalue weighted by Gasteiger charge is 2.58. The molecule has 0 spiro atoms. The molecule has 0 saturated heterocycles. The van der Waals surface area contributed by atoms with Crippen molar-refractivity contribution >= 4 is 0 Å². The zero-order chi connectivity index (χ0) is 6.60. The van der Waals surface area contributed by atoms with Gasteiger partial charge in [-0.1, -0.05) is 5.21 Å². The Hall–Kier alpha value is -0.860. The lowest BCUT2D eigenvalue weighted by Gasteiger charge is -2.61. The molecule has 1 aromatic rings. The lowest BCUT2D eigenvalue weighted by atomic mass is 9.50. The van der Waals surface area contributed by atoms with Gasteiger partial charge >= 0.3 is 0 Å². The van der Waals surface area contributed by atoms with E-state index in [0.717, 1.165) is 5.92 Å². The second-order valence-corrected chi connectivity index (χ2v) is 3.55. The fourth-order valence-corrected chi connectivity index (χ4v) is 2.17. The first kappa shape index (κ1) is 4.88. The Labute approximate surface area is 59.0 Å². The van der Waals surface area contributed by atoms with Crippen molar-refractivity contribution in [3.8, 4) is 0 Å². The Balaban J connectivity index is 2.01. The van der Waals surface area contributed by atoms with E-state index >= 15 is 0 Å². The van der Waals surface area contributed by atoms with Gasteiger partial charge in [0, 0.05) is 6.20 Å². The van der Waals surface area contributed by atoms with Gasteiger partial charge in [0.1, 0.15) is 0 Å². The molecule has 0 radical (unpaired) electrons. The molecule has 0 aliphatic heterocycles. The van der Waals surface area contributed by atoms with Crippen LogP contribution >= 0.6 is 0 Å². The fourth-order valence-electron chi connectivity index (χ4n) is 2.17. The molecule has 3 fully saturated rings. The van der Waals surface area contributed by atoms with Crippen LogP contribution in [0.5, 0.6) is 0 Å². The van der Waals surface area contributed by atoms with Crippen molar-refractivity contribution in [2.24, 2.45) is 5.92 Å². The lowest BCUT2D eigenvalue weighted by molar-refractivity contribution is -0.0988. The Kier molecular flexibility index (Phi) is 0.615. The number of rotatable bonds is 1. The van der Waals surface area contributed by atoms with E-state index in [2.05, 4.69) is 10.3 Å². The summed E-state index contributed by atoms with van der Waals surface area (Å²) in [6, 6.07) is 0. The minimum absolute atomic E-state index is 0.432. The van der Waals surface area contributed by atoms with Gasteiger partial charge in [-0.3, -0.25) is 0 Å². The van der Waals surface area contributed by atoms with Crippen LogP contribution in [0.4, 0.5) is 0 Å². The van der Waals surface area contributed by atoms with Crippen LogP contribution in [0.25, 0.3) is 0 Å². The highest BCUT2D eigenvalue weighted by Crippen LogP contribution is 2.61. The number of aromatic nitrogens is 3. The van der Waals surface area contributed by atoms with E-state index in [0.29, 0.717) is 5.54 Å². The molecule has 0 unspecified atom stereocenters. The average Bonchev–Trinajstić information content (AvgIpc) is 2.06. The van der Waals surface area contributed by atoms with Gasteiger partial charge in [0.15, 0.2) is 0 Å². The molecule has 3 aliphatic carbocycles. The van der Waals surface area contributed by atoms with Gasteiger partial charge in [0.25, 0.3) is 0 Å². The number of nitrogens with zero attached hydrogens (tertiary/aromatic N) is 3. The Morgan fingerprint density at radius 3 is 2.60 bits per heavy atom. The lowest BCUT2D eigenvalue weighted by Crippen LogP contribution is -2.59. The predicted molar refractivity (Wildman–Crippen MR) is 35.3 cm³/mol. The van der Waals surface area contributed by atoms with Crippen molar-refractivity contribution in [3.63, 3.8) is 0 Å². The zero-order valence-corrected chi connectivity index (χ0v) is 5.70. The van der Waals surface area contributed by atoms with Crippen LogP contribution in [-0.2, 0) is 5.54 Å². The Bertz CT molecular complexity index is 235. The van der Waals surface area contributed by atoms with Crippen molar-refractivity contribution in [1.29, 1.82) is 0 Å². The van der Waals surface area contributed by atoms with Crippen LogP contribution in [0.3, 0.4) is 0 Å². The largest absolute Gasteiger partial charge is 0.246 e. The van der Waals surface area contributed by atoms with E-state index in [1.54, 1.807) is 6.20 Å². The van der Waals surface area contributed by atoms with Gasteiger partial charge in [-0.15, -0.1) is 5.10 Å². The molecule has 3 saturated carbocycles. The maximum Gasteiger partial charge on any atom is 0.0693 e. The SMILES string of the molecule is c1cn(C23CC(C2)C3)nn1. The van der Waals surface area contributed by atoms with Gasteiger partial charge in [-0.2, -0.15) is 0 Å². The molecule has 2 bridgehead atoms. The first-order valence-corrected chi connectivity index (χ1v) is 3.76. The molecule has 3 heteroatoms. The van der Waals surface area contributed by atoms with E-state index in [4.69, 9.17) is 0 Å². The van der Waals surface area contributed by atoms with Crippen LogP contribution in [0.1, 0.15) is 19.3 Å². The van der Waals surface area contributed by atoms with E-state index in [9.17, 15) is 0 Å². The summed E-state index contributed by atoms with van der Waals surface area (Å²) in [5.74, 6) is 1.02. The Morgan fingerprint density at radius 1 is 1.40 bits per heavy atom. The van der Waals surface area contributed by atoms with Crippen LogP contribution in [0, 0.1) is 5.92 Å². The van der Waals surface area contributed by atoms with Gasteiger partial charge in [-0.05, 0) is 25.2 Å². The molecule has 4 rings (SSSR count). The van der Waals surface area contributed by atoms with Gasteiger partial charge in [0.05, 0.1) is 11.7 Å². The van der Waals surface area contributed by atoms with Gasteiger partial charge < -0.3 is 0 Å². The summed E-state index contributed by atoms with van der Waals surface area (Å²) in [6.45, 7) is 0. The van der Waals surface area contributed by atoms with E-state index < -0.39 is 0 Å². The highest BCUT2D eigenvalue weighted by molar-refractivity contribution is 5.10. The van der Waals surface area contributed by atoms with Crippen molar-refractivity contribution in [3.05, 3.63) is 12.4 Å². The van der Waals surface area contributed by atoms with Crippen LogP contribution in [0.2, 0.25) is 0 Å². The van der Waals surface area contributed by atoms with E-state index in [1.165, 1.54) is 19.3 Å². The third kappa shape index (κ3) is 0.365. The first-order valence-electron chi connectivity index (χ1n) is 3.76. The monoisotopic (exact) mass is 135 g/mol. The van der Waals surface area contributed by atoms with Crippen LogP contribution < -0.4 is 0 Å². The topological polar surface area (TPSA) is 30.7 Å². The molecular weight excluding hydrogens is 126 g/mol. The fraction of sp³-hybridized carbons (Fsp3) is 0.714. The third-order valence-corrected chi connectivity index (χ3v) is 2.91. The number of hydrogen-bond acceptors (Lipinski definition) is 2. The maximum atomic E-state index is 4.01. The normalized spacial score (nSPS) is 42.2. The van der Waals surface area contributed by atoms with Crippen LogP contribution in [0.15, 0.2) is 12.4 Å². The molecule has 1 aromatic heterocycles. The molecule has 10 heavy (non-hydrogen) atoms. The van der Waals surface area contributed by atoms with Gasteiger partial charge in [-0.25, -0.2) is 4.68 Å². The summed E-state index contributed by atoms with van der Waals surface area (Å²) in [6.07, 6.45) is 7.78. The van der Waals surface area contributed by atoms with E-state index in [1.807, 2.05) is 10.9 Å². The smallest absolute Gasteiger partial charge is 0.0693 e. The maximum absolute atomic E-state index is 4.01. The molecule has 0 N–H and O–H groups in total. The molecule has 1 heterocycles. The van der Waals surface area contributed by atoms with Crippen molar-refractivity contribution in [2.45, 2.75) is 24.8 Å². The summed E-state index contributed by atoms with van der Waals surface area (Å²) in [4.78, 5) is 0. The van der Waals surface area contributed by atoms with Gasteiger partial charge in [0.2, 0.25) is 0 Å². The van der Waals surface area contributed by atoms with Crippen molar-refractivity contribution in [2.75, 3.05) is 0 Å². The number of hydrogen-bond donors (Lipinski definition) is 0. The molecule has 3 aliphatic rings. The minimum atomic E-state index is 0.432. The van der Waals surface area contributed by atoms with Crippen molar-refractivity contribution in [1.82, 2.24) is 15.0 Å². The summed E-state index contributed by atoms with van der Waals surface area (Å²) in [5.41, 5.74) is 0.432. The predicted octanol–water partition coefficient (Wildman–Crippen LogP) is 0.787. The van der Waals surface area contributed by atoms with Crippen molar-refractivity contribution < 1.29 is 0 Å². The molecule has 3 nitrogen and oxygen atoms in total. The third-order valence-electron chi connectivity index (χ3n) is 2.91. The quantitative estimate of drug-likeness (QED) is 0.570. The summed E-state index contributed by atoms with van der Waals surface area (Å²) in [7, 11) is 0. The average molecular weight is 135 g/mol. The molecular formula is C7H9N3. The second kappa shape index (κ2) is 1.26. The van der Waals surface area contributed by atoms with Crippen LogP contribution in [-0.4, -0.2) is 15.0 Å². The van der Waals surface area contributed by atoms with E-state index in [-0.39, 0.29) is 0 Å². The first-order chi connectivity index (χ1) is 4.89.